The van der Waals surface area contributed by atoms with Crippen molar-refractivity contribution in [2.75, 3.05) is 12.3 Å². The number of hydrogen-bond donors (Lipinski definition) is 1. The van der Waals surface area contributed by atoms with Crippen molar-refractivity contribution in [2.45, 2.75) is 31.9 Å². The average Bonchev–Trinajstić information content (AvgIpc) is 2.85. The van der Waals surface area contributed by atoms with Crippen LogP contribution >= 0.6 is 11.6 Å². The molecule has 0 radical (unpaired) electrons. The molecule has 6 nitrogen and oxygen atoms in total. The third kappa shape index (κ3) is 2.36. The fourth-order valence-corrected chi connectivity index (χ4v) is 2.54. The maximum Gasteiger partial charge on any atom is 0.182 e. The molecule has 20 heavy (non-hydrogen) atoms. The Morgan fingerprint density at radius 1 is 1.45 bits per heavy atom. The first-order valence-corrected chi connectivity index (χ1v) is 7.01. The van der Waals surface area contributed by atoms with Gasteiger partial charge in [0, 0.05) is 12.2 Å². The molecule has 1 saturated carbocycles. The van der Waals surface area contributed by atoms with E-state index in [0.717, 1.165) is 25.0 Å². The van der Waals surface area contributed by atoms with Crippen LogP contribution in [-0.4, -0.2) is 32.9 Å². The largest absolute Gasteiger partial charge is 0.398 e. The van der Waals surface area contributed by atoms with E-state index in [1.807, 2.05) is 17.7 Å². The van der Waals surface area contributed by atoms with E-state index in [9.17, 15) is 0 Å². The molecule has 1 aliphatic rings. The molecule has 1 aromatic carbocycles. The van der Waals surface area contributed by atoms with Crippen molar-refractivity contribution < 1.29 is 4.74 Å². The first kappa shape index (κ1) is 13.3. The molecule has 2 aromatic rings. The molecule has 1 aliphatic carbocycles. The Hall–Kier alpha value is -1.66. The Kier molecular flexibility index (Phi) is 3.58. The number of nitrogens with zero attached hydrogens (tertiary/aromatic N) is 4. The highest BCUT2D eigenvalue weighted by molar-refractivity contribution is 6.33. The Morgan fingerprint density at radius 3 is 2.95 bits per heavy atom. The van der Waals surface area contributed by atoms with Crippen LogP contribution in [0.2, 0.25) is 5.02 Å². The van der Waals surface area contributed by atoms with Gasteiger partial charge in [0.15, 0.2) is 5.82 Å². The third-order valence-electron chi connectivity index (χ3n) is 3.57. The van der Waals surface area contributed by atoms with Crippen LogP contribution in [0.1, 0.15) is 25.8 Å². The standard InChI is InChI=1S/C13H16ClN5O/c1-2-20-10-6-9(7-10)19-13(16-17-18-19)8-3-4-11(14)12(15)5-8/h3-5,9-10H,2,6-7,15H2,1H3. The number of halogens is 1. The number of nitrogen functional groups attached to an aromatic ring is 1. The Bertz CT molecular complexity index is 609. The second-order valence-corrected chi connectivity index (χ2v) is 5.29. The normalized spacial score (nSPS) is 21.7. The van der Waals surface area contributed by atoms with Gasteiger partial charge in [-0.1, -0.05) is 11.6 Å². The zero-order chi connectivity index (χ0) is 14.1. The quantitative estimate of drug-likeness (QED) is 0.875. The van der Waals surface area contributed by atoms with Gasteiger partial charge >= 0.3 is 0 Å². The first-order chi connectivity index (χ1) is 9.69. The predicted octanol–water partition coefficient (Wildman–Crippen LogP) is 2.32. The van der Waals surface area contributed by atoms with E-state index in [0.29, 0.717) is 22.6 Å². The molecular formula is C13H16ClN5O. The zero-order valence-corrected chi connectivity index (χ0v) is 11.9. The SMILES string of the molecule is CCOC1CC(n2nnnc2-c2ccc(Cl)c(N)c2)C1. The molecule has 0 atom stereocenters. The van der Waals surface area contributed by atoms with Crippen LogP contribution in [0.5, 0.6) is 0 Å². The lowest BCUT2D eigenvalue weighted by atomic mass is 9.89. The molecule has 106 valence electrons. The monoisotopic (exact) mass is 293 g/mol. The Morgan fingerprint density at radius 2 is 2.25 bits per heavy atom. The highest BCUT2D eigenvalue weighted by Crippen LogP contribution is 2.36. The topological polar surface area (TPSA) is 78.8 Å². The van der Waals surface area contributed by atoms with E-state index in [-0.39, 0.29) is 6.04 Å². The molecule has 0 spiro atoms. The van der Waals surface area contributed by atoms with Crippen molar-refractivity contribution >= 4 is 17.3 Å². The lowest BCUT2D eigenvalue weighted by molar-refractivity contribution is -0.0227. The molecule has 1 aromatic heterocycles. The Labute approximate surface area is 121 Å². The highest BCUT2D eigenvalue weighted by Gasteiger charge is 2.33. The molecule has 0 bridgehead atoms. The number of tetrazole rings is 1. The summed E-state index contributed by atoms with van der Waals surface area (Å²) < 4.78 is 7.41. The fourth-order valence-electron chi connectivity index (χ4n) is 2.42. The van der Waals surface area contributed by atoms with Crippen molar-refractivity contribution in [2.24, 2.45) is 0 Å². The van der Waals surface area contributed by atoms with Crippen molar-refractivity contribution in [3.63, 3.8) is 0 Å². The Balaban J connectivity index is 1.82. The van der Waals surface area contributed by atoms with E-state index in [4.69, 9.17) is 22.1 Å². The molecule has 7 heteroatoms. The number of rotatable bonds is 4. The van der Waals surface area contributed by atoms with Crippen LogP contribution in [-0.2, 0) is 4.74 Å². The maximum atomic E-state index is 5.94. The van der Waals surface area contributed by atoms with E-state index >= 15 is 0 Å². The van der Waals surface area contributed by atoms with Gasteiger partial charge in [0.2, 0.25) is 0 Å². The van der Waals surface area contributed by atoms with Crippen LogP contribution in [0.4, 0.5) is 5.69 Å². The van der Waals surface area contributed by atoms with E-state index < -0.39 is 0 Å². The van der Waals surface area contributed by atoms with Gasteiger partial charge in [0.25, 0.3) is 0 Å². The molecule has 0 unspecified atom stereocenters. The minimum atomic E-state index is 0.286. The van der Waals surface area contributed by atoms with Crippen LogP contribution in [0.25, 0.3) is 11.4 Å². The van der Waals surface area contributed by atoms with E-state index in [1.165, 1.54) is 0 Å². The van der Waals surface area contributed by atoms with Crippen LogP contribution in [0.3, 0.4) is 0 Å². The number of aromatic nitrogens is 4. The van der Waals surface area contributed by atoms with Gasteiger partial charge in [-0.25, -0.2) is 4.68 Å². The van der Waals surface area contributed by atoms with Crippen LogP contribution in [0.15, 0.2) is 18.2 Å². The van der Waals surface area contributed by atoms with Gasteiger partial charge in [0.05, 0.1) is 22.9 Å². The molecule has 0 aliphatic heterocycles. The summed E-state index contributed by atoms with van der Waals surface area (Å²) >= 11 is 5.94. The highest BCUT2D eigenvalue weighted by atomic mass is 35.5. The van der Waals surface area contributed by atoms with Crippen LogP contribution < -0.4 is 5.73 Å². The van der Waals surface area contributed by atoms with E-state index in [2.05, 4.69) is 15.5 Å². The van der Waals surface area contributed by atoms with Gasteiger partial charge in [-0.15, -0.1) is 5.10 Å². The lowest BCUT2D eigenvalue weighted by Crippen LogP contribution is -2.34. The van der Waals surface area contributed by atoms with Crippen molar-refractivity contribution in [1.29, 1.82) is 0 Å². The first-order valence-electron chi connectivity index (χ1n) is 6.64. The maximum absolute atomic E-state index is 5.94. The second-order valence-electron chi connectivity index (χ2n) is 4.89. The van der Waals surface area contributed by atoms with Gasteiger partial charge in [0.1, 0.15) is 0 Å². The summed E-state index contributed by atoms with van der Waals surface area (Å²) in [6.45, 7) is 2.75. The minimum Gasteiger partial charge on any atom is -0.398 e. The molecule has 3 rings (SSSR count). The molecule has 1 heterocycles. The summed E-state index contributed by atoms with van der Waals surface area (Å²) in [7, 11) is 0. The number of ether oxygens (including phenoxy) is 1. The number of benzene rings is 1. The van der Waals surface area contributed by atoms with Crippen molar-refractivity contribution in [3.8, 4) is 11.4 Å². The predicted molar refractivity (Wildman–Crippen MR) is 76.4 cm³/mol. The van der Waals surface area contributed by atoms with Gasteiger partial charge < -0.3 is 10.5 Å². The fraction of sp³-hybridized carbons (Fsp3) is 0.462. The third-order valence-corrected chi connectivity index (χ3v) is 3.91. The summed E-state index contributed by atoms with van der Waals surface area (Å²) in [5.74, 6) is 0.716. The summed E-state index contributed by atoms with van der Waals surface area (Å²) in [6.07, 6.45) is 2.20. The molecule has 2 N–H and O–H groups in total. The number of nitrogens with two attached hydrogens (primary N) is 1. The van der Waals surface area contributed by atoms with Crippen molar-refractivity contribution in [3.05, 3.63) is 23.2 Å². The number of anilines is 1. The van der Waals surface area contributed by atoms with Crippen molar-refractivity contribution in [1.82, 2.24) is 20.2 Å². The molecule has 1 fully saturated rings. The second kappa shape index (κ2) is 5.38. The van der Waals surface area contributed by atoms with Gasteiger partial charge in [-0.2, -0.15) is 0 Å². The summed E-state index contributed by atoms with van der Waals surface area (Å²) in [5, 5.41) is 12.5. The van der Waals surface area contributed by atoms with Gasteiger partial charge in [-0.3, -0.25) is 0 Å². The summed E-state index contributed by atoms with van der Waals surface area (Å²) in [5.41, 5.74) is 7.23. The zero-order valence-electron chi connectivity index (χ0n) is 11.2. The molecule has 0 saturated heterocycles. The minimum absolute atomic E-state index is 0.286. The molecular weight excluding hydrogens is 278 g/mol. The summed E-state index contributed by atoms with van der Waals surface area (Å²) in [6, 6.07) is 5.71. The van der Waals surface area contributed by atoms with E-state index in [1.54, 1.807) is 12.1 Å². The number of hydrogen-bond acceptors (Lipinski definition) is 5. The molecule has 0 amide bonds. The smallest absolute Gasteiger partial charge is 0.182 e. The van der Waals surface area contributed by atoms with Crippen LogP contribution in [0, 0.1) is 0 Å². The van der Waals surface area contributed by atoms with Gasteiger partial charge in [-0.05, 0) is 48.4 Å². The summed E-state index contributed by atoms with van der Waals surface area (Å²) in [4.78, 5) is 0. The average molecular weight is 294 g/mol. The lowest BCUT2D eigenvalue weighted by Gasteiger charge is -2.34.